The quantitative estimate of drug-likeness (QED) is 0.145. The molecule has 2 fully saturated rings. The first kappa shape index (κ1) is 43.9. The third-order valence-electron chi connectivity index (χ3n) is 8.17. The van der Waals surface area contributed by atoms with Crippen LogP contribution in [0.4, 0.5) is 62.3 Å². The monoisotopic (exact) mass is 802 g/mol. The highest BCUT2D eigenvalue weighted by Crippen LogP contribution is 2.60. The third-order valence-corrected chi connectivity index (χ3v) is 8.17. The predicted octanol–water partition coefficient (Wildman–Crippen LogP) is 5.05. The van der Waals surface area contributed by atoms with Gasteiger partial charge in [-0.1, -0.05) is 0 Å². The minimum atomic E-state index is -4.55. The normalized spacial score (nSPS) is 17.1. The number of nitrogens with zero attached hydrogens (tertiary/aromatic N) is 2. The number of rotatable bonds is 14. The maximum Gasteiger partial charge on any atom is 0.422 e. The molecule has 12 nitrogen and oxygen atoms in total. The van der Waals surface area contributed by atoms with Crippen molar-refractivity contribution in [1.29, 1.82) is 0 Å². The van der Waals surface area contributed by atoms with Gasteiger partial charge in [0.1, 0.15) is 0 Å². The van der Waals surface area contributed by atoms with Crippen molar-refractivity contribution in [2.24, 2.45) is 10.8 Å². The van der Waals surface area contributed by atoms with Crippen LogP contribution in [0.2, 0.25) is 0 Å². The second-order valence-electron chi connectivity index (χ2n) is 12.3. The zero-order valence-electron chi connectivity index (χ0n) is 27.6. The molecule has 2 aromatic heterocycles. The summed E-state index contributed by atoms with van der Waals surface area (Å²) in [4.78, 5) is 30.5. The molecule has 0 saturated heterocycles. The number of halogens is 12. The Hall–Kier alpha value is -4.48. The van der Waals surface area contributed by atoms with Gasteiger partial charge in [0.05, 0.1) is 23.0 Å². The lowest BCUT2D eigenvalue weighted by Crippen LogP contribution is -2.46. The molecule has 4 amide bonds. The van der Waals surface area contributed by atoms with E-state index in [2.05, 4.69) is 40.7 Å². The standard InChI is InChI=1S/2C15H17F6N3O3/c2*16-14(17,18)8-27-11-5-9(1-4-22-11)6-23-12(26)24-7-10(25)13(2-3-13)15(19,20)21/h2*1,4-5,10,25H,2-3,6-8H2,(H2,23,24,26)/t2*10-/m10/s1. The van der Waals surface area contributed by atoms with Gasteiger partial charge in [0.2, 0.25) is 11.8 Å². The predicted molar refractivity (Wildman–Crippen MR) is 160 cm³/mol. The van der Waals surface area contributed by atoms with Crippen LogP contribution >= 0.6 is 0 Å². The summed E-state index contributed by atoms with van der Waals surface area (Å²) < 4.78 is 159. The molecule has 0 spiro atoms. The molecule has 2 aromatic rings. The van der Waals surface area contributed by atoms with Crippen molar-refractivity contribution in [3.05, 3.63) is 47.8 Å². The topological polar surface area (TPSA) is 167 Å². The second-order valence-corrected chi connectivity index (χ2v) is 12.3. The van der Waals surface area contributed by atoms with Gasteiger partial charge in [0.25, 0.3) is 0 Å². The molecule has 0 unspecified atom stereocenters. The molecule has 6 N–H and O–H groups in total. The second kappa shape index (κ2) is 17.3. The van der Waals surface area contributed by atoms with Crippen LogP contribution < -0.4 is 30.7 Å². The number of aliphatic hydroxyl groups is 2. The Kier molecular flexibility index (Phi) is 14.1. The van der Waals surface area contributed by atoms with E-state index >= 15 is 0 Å². The van der Waals surface area contributed by atoms with E-state index in [-0.39, 0.29) is 50.5 Å². The highest BCUT2D eigenvalue weighted by molar-refractivity contribution is 5.74. The largest absolute Gasteiger partial charge is 0.468 e. The SMILES string of the molecule is O=C(NCc1ccnc(OCC(F)(F)F)c1)NC[C@@H](O)C1(C(F)(F)F)CC1.O=C(NCc1ccnc(OCC(F)(F)F)c1)NC[C@H](O)C1(C(F)(F)F)CC1. The number of hydrogen-bond acceptors (Lipinski definition) is 8. The first-order chi connectivity index (χ1) is 24.9. The van der Waals surface area contributed by atoms with E-state index in [0.717, 1.165) is 0 Å². The Labute approximate surface area is 298 Å². The molecule has 0 aliphatic heterocycles. The van der Waals surface area contributed by atoms with E-state index in [9.17, 15) is 72.5 Å². The molecular weight excluding hydrogens is 768 g/mol. The van der Waals surface area contributed by atoms with Crippen molar-refractivity contribution in [3.8, 4) is 11.8 Å². The number of urea groups is 2. The molecule has 24 heteroatoms. The summed E-state index contributed by atoms with van der Waals surface area (Å²) >= 11 is 0. The average Bonchev–Trinajstić information content (AvgIpc) is 3.99. The summed E-state index contributed by atoms with van der Waals surface area (Å²) in [6.45, 7) is -4.45. The minimum Gasteiger partial charge on any atom is -0.468 e. The van der Waals surface area contributed by atoms with Crippen molar-refractivity contribution in [2.75, 3.05) is 26.3 Å². The fourth-order valence-electron chi connectivity index (χ4n) is 4.73. The summed E-state index contributed by atoms with van der Waals surface area (Å²) in [6.07, 6.45) is -20.1. The highest BCUT2D eigenvalue weighted by Gasteiger charge is 2.68. The smallest absolute Gasteiger partial charge is 0.422 e. The Balaban J connectivity index is 0.000000290. The van der Waals surface area contributed by atoms with Crippen LogP contribution in [0.25, 0.3) is 0 Å². The van der Waals surface area contributed by atoms with Crippen molar-refractivity contribution >= 4 is 12.1 Å². The number of alkyl halides is 12. The number of nitrogens with one attached hydrogen (secondary N) is 4. The summed E-state index contributed by atoms with van der Waals surface area (Å²) in [5, 5.41) is 28.3. The van der Waals surface area contributed by atoms with Crippen LogP contribution in [0.5, 0.6) is 11.8 Å². The van der Waals surface area contributed by atoms with Crippen molar-refractivity contribution in [3.63, 3.8) is 0 Å². The molecule has 2 atom stereocenters. The van der Waals surface area contributed by atoms with Crippen LogP contribution in [-0.2, 0) is 13.1 Å². The maximum absolute atomic E-state index is 12.8. The van der Waals surface area contributed by atoms with Gasteiger partial charge in [0.15, 0.2) is 13.2 Å². The summed E-state index contributed by atoms with van der Waals surface area (Å²) in [6, 6.07) is 3.53. The van der Waals surface area contributed by atoms with Gasteiger partial charge in [-0.25, -0.2) is 19.6 Å². The molecular formula is C30H34F12N6O6. The molecule has 2 saturated carbocycles. The average molecular weight is 803 g/mol. The van der Waals surface area contributed by atoms with E-state index in [1.165, 1.54) is 36.7 Å². The van der Waals surface area contributed by atoms with Gasteiger partial charge in [0, 0.05) is 50.7 Å². The maximum atomic E-state index is 12.8. The number of pyridine rings is 2. The number of aromatic nitrogens is 2. The van der Waals surface area contributed by atoms with Gasteiger partial charge in [-0.05, 0) is 48.9 Å². The molecule has 54 heavy (non-hydrogen) atoms. The van der Waals surface area contributed by atoms with E-state index in [1.54, 1.807) is 0 Å². The summed E-state index contributed by atoms with van der Waals surface area (Å²) in [7, 11) is 0. The summed E-state index contributed by atoms with van der Waals surface area (Å²) in [5.74, 6) is -0.577. The Morgan fingerprint density at radius 2 is 0.963 bits per heavy atom. The van der Waals surface area contributed by atoms with Crippen molar-refractivity contribution in [2.45, 2.75) is 75.7 Å². The fraction of sp³-hybridized carbons (Fsp3) is 0.600. The molecule has 0 radical (unpaired) electrons. The molecule has 304 valence electrons. The van der Waals surface area contributed by atoms with Gasteiger partial charge < -0.3 is 41.0 Å². The summed E-state index contributed by atoms with van der Waals surface area (Å²) in [5.41, 5.74) is -3.61. The zero-order chi connectivity index (χ0) is 40.6. The third kappa shape index (κ3) is 13.4. The first-order valence-corrected chi connectivity index (χ1v) is 15.7. The Morgan fingerprint density at radius 3 is 1.24 bits per heavy atom. The molecule has 2 aliphatic carbocycles. The van der Waals surface area contributed by atoms with E-state index in [4.69, 9.17) is 0 Å². The lowest BCUT2D eigenvalue weighted by atomic mass is 9.98. The number of carbonyl (C=O) groups is 2. The molecule has 0 bridgehead atoms. The van der Waals surface area contributed by atoms with Crippen LogP contribution in [0, 0.1) is 10.8 Å². The first-order valence-electron chi connectivity index (χ1n) is 15.7. The number of carbonyl (C=O) groups excluding carboxylic acids is 2. The number of ether oxygens (including phenoxy) is 2. The fourth-order valence-corrected chi connectivity index (χ4v) is 4.73. The molecule has 0 aromatic carbocycles. The number of amides is 4. The van der Waals surface area contributed by atoms with Crippen LogP contribution in [0.3, 0.4) is 0 Å². The van der Waals surface area contributed by atoms with Gasteiger partial charge >= 0.3 is 36.8 Å². The Bertz CT molecular complexity index is 1440. The number of aliphatic hydroxyl groups excluding tert-OH is 2. The van der Waals surface area contributed by atoms with Crippen LogP contribution in [0.15, 0.2) is 36.7 Å². The van der Waals surface area contributed by atoms with Gasteiger partial charge in [-0.3, -0.25) is 0 Å². The molecule has 4 rings (SSSR count). The number of hydrogen-bond donors (Lipinski definition) is 6. The lowest BCUT2D eigenvalue weighted by molar-refractivity contribution is -0.213. The van der Waals surface area contributed by atoms with E-state index < -0.39 is 86.1 Å². The van der Waals surface area contributed by atoms with E-state index in [1.807, 2.05) is 0 Å². The van der Waals surface area contributed by atoms with Crippen molar-refractivity contribution < 1.29 is 82.0 Å². The minimum absolute atomic E-state index is 0.128. The van der Waals surface area contributed by atoms with E-state index in [0.29, 0.717) is 11.1 Å². The zero-order valence-corrected chi connectivity index (χ0v) is 27.6. The van der Waals surface area contributed by atoms with Crippen LogP contribution in [0.1, 0.15) is 36.8 Å². The Morgan fingerprint density at radius 1 is 0.630 bits per heavy atom. The van der Waals surface area contributed by atoms with Gasteiger partial charge in [-0.15, -0.1) is 0 Å². The molecule has 2 heterocycles. The molecule has 2 aliphatic rings. The van der Waals surface area contributed by atoms with Crippen LogP contribution in [-0.4, -0.2) is 95.5 Å². The van der Waals surface area contributed by atoms with Crippen molar-refractivity contribution in [1.82, 2.24) is 31.2 Å². The van der Waals surface area contributed by atoms with Gasteiger partial charge in [-0.2, -0.15) is 52.7 Å². The lowest BCUT2D eigenvalue weighted by Gasteiger charge is -2.25. The highest BCUT2D eigenvalue weighted by atomic mass is 19.4.